The Kier molecular flexibility index (Phi) is 5.60. The number of ether oxygens (including phenoxy) is 1. The summed E-state index contributed by atoms with van der Waals surface area (Å²) in [7, 11) is 1.65. The minimum atomic E-state index is -1.10. The van der Waals surface area contributed by atoms with Gasteiger partial charge >= 0.3 is 0 Å². The first kappa shape index (κ1) is 16.7. The second kappa shape index (κ2) is 7.05. The zero-order valence-corrected chi connectivity index (χ0v) is 15.2. The van der Waals surface area contributed by atoms with Crippen molar-refractivity contribution in [3.63, 3.8) is 0 Å². The molecule has 0 aliphatic heterocycles. The van der Waals surface area contributed by atoms with Crippen LogP contribution in [0.3, 0.4) is 0 Å². The first-order chi connectivity index (χ1) is 10.0. The molecule has 1 heterocycles. The fraction of sp³-hybridized carbons (Fsp3) is 0.400. The van der Waals surface area contributed by atoms with Crippen LogP contribution >= 0.6 is 31.9 Å². The highest BCUT2D eigenvalue weighted by Crippen LogP contribution is 2.37. The number of nitrogens with zero attached hydrogens (tertiary/aromatic N) is 2. The molecule has 0 saturated heterocycles. The van der Waals surface area contributed by atoms with Gasteiger partial charge in [-0.3, -0.25) is 4.68 Å². The molecule has 1 aromatic carbocycles. The molecule has 1 aromatic heterocycles. The van der Waals surface area contributed by atoms with Gasteiger partial charge in [0, 0.05) is 11.6 Å². The van der Waals surface area contributed by atoms with E-state index in [9.17, 15) is 5.11 Å². The summed E-state index contributed by atoms with van der Waals surface area (Å²) in [4.78, 5) is 0. The quantitative estimate of drug-likeness (QED) is 0.779. The van der Waals surface area contributed by atoms with Gasteiger partial charge in [-0.15, -0.1) is 0 Å². The van der Waals surface area contributed by atoms with Crippen LogP contribution in [0.25, 0.3) is 0 Å². The number of hydrogen-bond acceptors (Lipinski definition) is 3. The van der Waals surface area contributed by atoms with E-state index in [0.29, 0.717) is 19.6 Å². The number of methoxy groups -OCH3 is 1. The van der Waals surface area contributed by atoms with Crippen LogP contribution in [0.5, 0.6) is 0 Å². The molecule has 2 aromatic rings. The first-order valence-electron chi connectivity index (χ1n) is 6.72. The fourth-order valence-corrected chi connectivity index (χ4v) is 3.40. The number of aliphatic hydroxyl groups is 1. The summed E-state index contributed by atoms with van der Waals surface area (Å²) in [5, 5.41) is 15.6. The van der Waals surface area contributed by atoms with Crippen LogP contribution in [-0.4, -0.2) is 28.6 Å². The topological polar surface area (TPSA) is 47.3 Å². The normalized spacial score (nSPS) is 14.1. The average Bonchev–Trinajstić information content (AvgIpc) is 2.85. The van der Waals surface area contributed by atoms with E-state index < -0.39 is 5.60 Å². The monoisotopic (exact) mass is 416 g/mol. The maximum atomic E-state index is 11.3. The van der Waals surface area contributed by atoms with Crippen LogP contribution in [-0.2, 0) is 16.9 Å². The van der Waals surface area contributed by atoms with Crippen molar-refractivity contribution in [2.45, 2.75) is 25.5 Å². The summed E-state index contributed by atoms with van der Waals surface area (Å²) in [5.41, 5.74) is 0.478. The maximum absolute atomic E-state index is 11.3. The van der Waals surface area contributed by atoms with Crippen molar-refractivity contribution in [2.75, 3.05) is 13.7 Å². The Labute approximate surface area is 141 Å². The van der Waals surface area contributed by atoms with Crippen molar-refractivity contribution in [2.24, 2.45) is 0 Å². The third-order valence-electron chi connectivity index (χ3n) is 3.51. The maximum Gasteiger partial charge on any atom is 0.132 e. The molecule has 0 radical (unpaired) electrons. The van der Waals surface area contributed by atoms with E-state index in [1.54, 1.807) is 18.0 Å². The minimum absolute atomic E-state index is 0.541. The van der Waals surface area contributed by atoms with E-state index in [1.807, 2.05) is 31.2 Å². The van der Waals surface area contributed by atoms with Gasteiger partial charge in [0.15, 0.2) is 0 Å². The zero-order chi connectivity index (χ0) is 15.5. The molecular weight excluding hydrogens is 400 g/mol. The molecule has 1 unspecified atom stereocenters. The average molecular weight is 418 g/mol. The van der Waals surface area contributed by atoms with Gasteiger partial charge in [0.2, 0.25) is 0 Å². The fourth-order valence-electron chi connectivity index (χ4n) is 2.37. The molecule has 0 bridgehead atoms. The van der Waals surface area contributed by atoms with Crippen molar-refractivity contribution in [3.05, 3.63) is 50.7 Å². The lowest BCUT2D eigenvalue weighted by atomic mass is 9.88. The lowest BCUT2D eigenvalue weighted by Gasteiger charge is -2.29. The summed E-state index contributed by atoms with van der Waals surface area (Å²) >= 11 is 6.97. The lowest BCUT2D eigenvalue weighted by Crippen LogP contribution is -2.31. The van der Waals surface area contributed by atoms with Gasteiger partial charge < -0.3 is 9.84 Å². The van der Waals surface area contributed by atoms with Gasteiger partial charge in [-0.25, -0.2) is 0 Å². The Morgan fingerprint density at radius 3 is 2.76 bits per heavy atom. The predicted molar refractivity (Wildman–Crippen MR) is 89.2 cm³/mol. The highest BCUT2D eigenvalue weighted by molar-refractivity contribution is 9.10. The second-order valence-electron chi connectivity index (χ2n) is 4.78. The van der Waals surface area contributed by atoms with E-state index >= 15 is 0 Å². The Bertz CT molecular complexity index is 615. The van der Waals surface area contributed by atoms with Crippen molar-refractivity contribution in [1.29, 1.82) is 0 Å². The Hall–Kier alpha value is -0.690. The Morgan fingerprint density at radius 1 is 1.38 bits per heavy atom. The van der Waals surface area contributed by atoms with Gasteiger partial charge in [0.1, 0.15) is 5.60 Å². The van der Waals surface area contributed by atoms with Crippen LogP contribution in [0.2, 0.25) is 0 Å². The van der Waals surface area contributed by atoms with E-state index in [4.69, 9.17) is 4.74 Å². The third kappa shape index (κ3) is 3.39. The molecule has 1 N–H and O–H groups in total. The molecule has 0 aliphatic carbocycles. The highest BCUT2D eigenvalue weighted by atomic mass is 79.9. The summed E-state index contributed by atoms with van der Waals surface area (Å²) in [5.74, 6) is 0. The molecule has 2 rings (SSSR count). The second-order valence-corrected chi connectivity index (χ2v) is 6.55. The van der Waals surface area contributed by atoms with Crippen molar-refractivity contribution >= 4 is 31.9 Å². The minimum Gasteiger partial charge on any atom is -0.383 e. The molecule has 114 valence electrons. The van der Waals surface area contributed by atoms with Crippen LogP contribution in [0.4, 0.5) is 0 Å². The van der Waals surface area contributed by atoms with Crippen LogP contribution in [0.1, 0.15) is 24.6 Å². The standard InChI is InChI=1S/C15H18Br2N2O2/c1-3-15(20,11-5-4-6-12(16)9-11)14-13(17)10-18-19(14)7-8-21-2/h4-6,9-10,20H,3,7-8H2,1-2H3. The number of benzene rings is 1. The van der Waals surface area contributed by atoms with Crippen molar-refractivity contribution in [3.8, 4) is 0 Å². The summed E-state index contributed by atoms with van der Waals surface area (Å²) in [6, 6.07) is 7.72. The van der Waals surface area contributed by atoms with Crippen molar-refractivity contribution < 1.29 is 9.84 Å². The number of rotatable bonds is 6. The van der Waals surface area contributed by atoms with Crippen LogP contribution in [0.15, 0.2) is 39.4 Å². The first-order valence-corrected chi connectivity index (χ1v) is 8.30. The SMILES string of the molecule is CCC(O)(c1cccc(Br)c1)c1c(Br)cnn1CCOC. The molecule has 0 aliphatic rings. The van der Waals surface area contributed by atoms with Gasteiger partial charge in [-0.2, -0.15) is 5.10 Å². The van der Waals surface area contributed by atoms with Crippen molar-refractivity contribution in [1.82, 2.24) is 9.78 Å². The van der Waals surface area contributed by atoms with E-state index in [2.05, 4.69) is 37.0 Å². The molecule has 0 fully saturated rings. The van der Waals surface area contributed by atoms with Gasteiger partial charge in [0.25, 0.3) is 0 Å². The van der Waals surface area contributed by atoms with E-state index in [0.717, 1.165) is 20.2 Å². The molecule has 6 heteroatoms. The molecule has 21 heavy (non-hydrogen) atoms. The summed E-state index contributed by atoms with van der Waals surface area (Å²) < 4.78 is 8.64. The Balaban J connectivity index is 2.52. The molecule has 4 nitrogen and oxygen atoms in total. The summed E-state index contributed by atoms with van der Waals surface area (Å²) in [6.45, 7) is 3.09. The molecular formula is C15H18Br2N2O2. The molecule has 1 atom stereocenters. The zero-order valence-electron chi connectivity index (χ0n) is 12.0. The highest BCUT2D eigenvalue weighted by Gasteiger charge is 2.35. The van der Waals surface area contributed by atoms with E-state index in [1.165, 1.54) is 0 Å². The predicted octanol–water partition coefficient (Wildman–Crippen LogP) is 3.70. The van der Waals surface area contributed by atoms with Gasteiger partial charge in [-0.05, 0) is 40.0 Å². The number of aromatic nitrogens is 2. The van der Waals surface area contributed by atoms with Gasteiger partial charge in [0.05, 0.1) is 29.5 Å². The van der Waals surface area contributed by atoms with Gasteiger partial charge in [-0.1, -0.05) is 35.0 Å². The van der Waals surface area contributed by atoms with Crippen LogP contribution in [0, 0.1) is 0 Å². The number of hydrogen-bond donors (Lipinski definition) is 1. The Morgan fingerprint density at radius 2 is 2.14 bits per heavy atom. The molecule has 0 amide bonds. The van der Waals surface area contributed by atoms with E-state index in [-0.39, 0.29) is 0 Å². The smallest absolute Gasteiger partial charge is 0.132 e. The number of halogens is 2. The third-order valence-corrected chi connectivity index (χ3v) is 4.58. The summed E-state index contributed by atoms with van der Waals surface area (Å²) in [6.07, 6.45) is 2.25. The lowest BCUT2D eigenvalue weighted by molar-refractivity contribution is 0.0634. The largest absolute Gasteiger partial charge is 0.383 e. The molecule has 0 spiro atoms. The van der Waals surface area contributed by atoms with Crippen LogP contribution < -0.4 is 0 Å². The molecule has 0 saturated carbocycles.